The van der Waals surface area contributed by atoms with Crippen LogP contribution >= 0.6 is 23.2 Å². The third kappa shape index (κ3) is 4.77. The van der Waals surface area contributed by atoms with Crippen LogP contribution in [0.3, 0.4) is 0 Å². The standard InChI is InChI=1S/C17H21Cl2N3O3/c1-10-6-12(18)13(19)7-14(10)20-8-16(23)22-4-2-11(3-5-22)21-17(24)15-9-25-15/h6-7,11,15,20H,2-5,8-9H2,1H3,(H,21,24). The highest BCUT2D eigenvalue weighted by Crippen LogP contribution is 2.28. The number of carbonyl (C=O) groups excluding carboxylic acids is 2. The van der Waals surface area contributed by atoms with Crippen LogP contribution in [0.2, 0.25) is 10.0 Å². The van der Waals surface area contributed by atoms with E-state index in [4.69, 9.17) is 27.9 Å². The number of anilines is 1. The summed E-state index contributed by atoms with van der Waals surface area (Å²) in [5.41, 5.74) is 1.74. The molecule has 2 fully saturated rings. The molecule has 1 aromatic rings. The number of nitrogens with zero attached hydrogens (tertiary/aromatic N) is 1. The smallest absolute Gasteiger partial charge is 0.251 e. The topological polar surface area (TPSA) is 74.0 Å². The highest BCUT2D eigenvalue weighted by Gasteiger charge is 2.33. The van der Waals surface area contributed by atoms with E-state index in [1.807, 2.05) is 11.8 Å². The molecule has 3 rings (SSSR count). The maximum Gasteiger partial charge on any atom is 0.251 e. The van der Waals surface area contributed by atoms with Crippen molar-refractivity contribution in [1.29, 1.82) is 0 Å². The van der Waals surface area contributed by atoms with Gasteiger partial charge in [-0.3, -0.25) is 9.59 Å². The maximum atomic E-state index is 12.4. The molecule has 2 amide bonds. The zero-order chi connectivity index (χ0) is 18.0. The molecule has 2 N–H and O–H groups in total. The lowest BCUT2D eigenvalue weighted by molar-refractivity contribution is -0.130. The lowest BCUT2D eigenvalue weighted by Crippen LogP contribution is -2.48. The minimum absolute atomic E-state index is 0.0285. The molecule has 2 heterocycles. The first-order valence-corrected chi connectivity index (χ1v) is 9.09. The lowest BCUT2D eigenvalue weighted by Gasteiger charge is -2.32. The summed E-state index contributed by atoms with van der Waals surface area (Å²) in [5, 5.41) is 7.05. The fourth-order valence-corrected chi connectivity index (χ4v) is 3.27. The van der Waals surface area contributed by atoms with Crippen LogP contribution in [-0.4, -0.2) is 55.1 Å². The average molecular weight is 386 g/mol. The van der Waals surface area contributed by atoms with Gasteiger partial charge in [-0.15, -0.1) is 0 Å². The predicted molar refractivity (Wildman–Crippen MR) is 97.2 cm³/mol. The van der Waals surface area contributed by atoms with Crippen molar-refractivity contribution >= 4 is 40.7 Å². The number of piperidine rings is 1. The molecular formula is C17H21Cl2N3O3. The number of carbonyl (C=O) groups is 2. The minimum Gasteiger partial charge on any atom is -0.376 e. The fourth-order valence-electron chi connectivity index (χ4n) is 2.89. The molecular weight excluding hydrogens is 365 g/mol. The van der Waals surface area contributed by atoms with Crippen LogP contribution in [0, 0.1) is 6.92 Å². The highest BCUT2D eigenvalue weighted by molar-refractivity contribution is 6.42. The first-order chi connectivity index (χ1) is 11.9. The normalized spacial score (nSPS) is 20.3. The van der Waals surface area contributed by atoms with Gasteiger partial charge in [0.2, 0.25) is 5.91 Å². The molecule has 0 radical (unpaired) electrons. The summed E-state index contributed by atoms with van der Waals surface area (Å²) in [5.74, 6) is -0.0117. The van der Waals surface area contributed by atoms with Crippen molar-refractivity contribution < 1.29 is 14.3 Å². The first-order valence-electron chi connectivity index (χ1n) is 8.33. The van der Waals surface area contributed by atoms with Crippen LogP contribution < -0.4 is 10.6 Å². The lowest BCUT2D eigenvalue weighted by atomic mass is 10.0. The van der Waals surface area contributed by atoms with E-state index in [-0.39, 0.29) is 30.5 Å². The van der Waals surface area contributed by atoms with E-state index in [2.05, 4.69) is 10.6 Å². The molecule has 8 heteroatoms. The van der Waals surface area contributed by atoms with Gasteiger partial charge in [-0.2, -0.15) is 0 Å². The molecule has 0 saturated carbocycles. The Morgan fingerprint density at radius 3 is 2.52 bits per heavy atom. The van der Waals surface area contributed by atoms with Crippen molar-refractivity contribution in [2.45, 2.75) is 31.9 Å². The van der Waals surface area contributed by atoms with E-state index in [1.54, 1.807) is 12.1 Å². The molecule has 0 bridgehead atoms. The third-order valence-electron chi connectivity index (χ3n) is 4.52. The molecule has 1 atom stereocenters. The van der Waals surface area contributed by atoms with Gasteiger partial charge in [0.15, 0.2) is 6.10 Å². The summed E-state index contributed by atoms with van der Waals surface area (Å²) >= 11 is 12.0. The van der Waals surface area contributed by atoms with Gasteiger partial charge in [0.25, 0.3) is 5.91 Å². The monoisotopic (exact) mass is 385 g/mol. The highest BCUT2D eigenvalue weighted by atomic mass is 35.5. The molecule has 0 aliphatic carbocycles. The Bertz CT molecular complexity index is 671. The average Bonchev–Trinajstić information content (AvgIpc) is 3.42. The van der Waals surface area contributed by atoms with Crippen LogP contribution in [-0.2, 0) is 14.3 Å². The number of rotatable bonds is 5. The summed E-state index contributed by atoms with van der Waals surface area (Å²) in [6, 6.07) is 3.62. The minimum atomic E-state index is -0.265. The molecule has 25 heavy (non-hydrogen) atoms. The van der Waals surface area contributed by atoms with Crippen LogP contribution in [0.15, 0.2) is 12.1 Å². The van der Waals surface area contributed by atoms with Gasteiger partial charge in [0.1, 0.15) is 0 Å². The number of nitrogens with one attached hydrogen (secondary N) is 2. The molecule has 1 unspecified atom stereocenters. The number of amides is 2. The van der Waals surface area contributed by atoms with E-state index in [9.17, 15) is 9.59 Å². The van der Waals surface area contributed by atoms with Crippen molar-refractivity contribution in [2.75, 3.05) is 31.6 Å². The van der Waals surface area contributed by atoms with Crippen molar-refractivity contribution in [3.63, 3.8) is 0 Å². The molecule has 1 aromatic carbocycles. The summed E-state index contributed by atoms with van der Waals surface area (Å²) < 4.78 is 4.97. The van der Waals surface area contributed by atoms with Gasteiger partial charge in [0.05, 0.1) is 23.2 Å². The van der Waals surface area contributed by atoms with Crippen molar-refractivity contribution in [3.05, 3.63) is 27.7 Å². The van der Waals surface area contributed by atoms with E-state index >= 15 is 0 Å². The Morgan fingerprint density at radius 1 is 1.24 bits per heavy atom. The van der Waals surface area contributed by atoms with Crippen LogP contribution in [0.1, 0.15) is 18.4 Å². The van der Waals surface area contributed by atoms with Gasteiger partial charge in [-0.25, -0.2) is 0 Å². The Morgan fingerprint density at radius 2 is 1.88 bits per heavy atom. The number of hydrogen-bond acceptors (Lipinski definition) is 4. The number of hydrogen-bond donors (Lipinski definition) is 2. The Labute approximate surface area is 156 Å². The largest absolute Gasteiger partial charge is 0.376 e. The molecule has 136 valence electrons. The Hall–Kier alpha value is -1.50. The molecule has 2 aliphatic heterocycles. The molecule has 6 nitrogen and oxygen atoms in total. The van der Waals surface area contributed by atoms with E-state index in [0.29, 0.717) is 29.7 Å². The van der Waals surface area contributed by atoms with Gasteiger partial charge in [-0.05, 0) is 37.5 Å². The van der Waals surface area contributed by atoms with E-state index in [0.717, 1.165) is 24.1 Å². The summed E-state index contributed by atoms with van der Waals surface area (Å²) in [7, 11) is 0. The van der Waals surface area contributed by atoms with Gasteiger partial charge < -0.3 is 20.3 Å². The molecule has 0 spiro atoms. The summed E-state index contributed by atoms with van der Waals surface area (Å²) in [6.45, 7) is 3.90. The van der Waals surface area contributed by atoms with E-state index in [1.165, 1.54) is 0 Å². The van der Waals surface area contributed by atoms with Crippen molar-refractivity contribution in [1.82, 2.24) is 10.2 Å². The fraction of sp³-hybridized carbons (Fsp3) is 0.529. The molecule has 0 aromatic heterocycles. The zero-order valence-electron chi connectivity index (χ0n) is 14.0. The van der Waals surface area contributed by atoms with Crippen LogP contribution in [0.25, 0.3) is 0 Å². The van der Waals surface area contributed by atoms with Gasteiger partial charge >= 0.3 is 0 Å². The second-order valence-electron chi connectivity index (χ2n) is 6.42. The molecule has 2 aliphatic rings. The SMILES string of the molecule is Cc1cc(Cl)c(Cl)cc1NCC(=O)N1CCC(NC(=O)C2CO2)CC1. The number of halogens is 2. The number of ether oxygens (including phenoxy) is 1. The summed E-state index contributed by atoms with van der Waals surface area (Å²) in [6.07, 6.45) is 1.25. The van der Waals surface area contributed by atoms with Gasteiger partial charge in [-0.1, -0.05) is 23.2 Å². The Balaban J connectivity index is 1.45. The first kappa shape index (κ1) is 18.3. The second kappa shape index (κ2) is 7.81. The number of benzene rings is 1. The van der Waals surface area contributed by atoms with Gasteiger partial charge in [0, 0.05) is 24.8 Å². The zero-order valence-corrected chi connectivity index (χ0v) is 15.5. The summed E-state index contributed by atoms with van der Waals surface area (Å²) in [4.78, 5) is 25.9. The Kier molecular flexibility index (Phi) is 5.71. The van der Waals surface area contributed by atoms with Crippen molar-refractivity contribution in [2.24, 2.45) is 0 Å². The molecule has 2 saturated heterocycles. The number of epoxide rings is 1. The van der Waals surface area contributed by atoms with Crippen molar-refractivity contribution in [3.8, 4) is 0 Å². The number of aryl methyl sites for hydroxylation is 1. The maximum absolute atomic E-state index is 12.4. The quantitative estimate of drug-likeness (QED) is 0.762. The van der Waals surface area contributed by atoms with Crippen LogP contribution in [0.4, 0.5) is 5.69 Å². The second-order valence-corrected chi connectivity index (χ2v) is 7.23. The third-order valence-corrected chi connectivity index (χ3v) is 5.24. The predicted octanol–water partition coefficient (Wildman–Crippen LogP) is 2.22. The number of likely N-dealkylation sites (tertiary alicyclic amines) is 1. The van der Waals surface area contributed by atoms with E-state index < -0.39 is 0 Å². The van der Waals surface area contributed by atoms with Crippen LogP contribution in [0.5, 0.6) is 0 Å².